The molecule has 0 heterocycles. The van der Waals surface area contributed by atoms with Crippen molar-refractivity contribution >= 4 is 32.6 Å². The van der Waals surface area contributed by atoms with Crippen LogP contribution in [-0.2, 0) is 10.0 Å². The molecule has 5 heteroatoms. The van der Waals surface area contributed by atoms with E-state index in [-0.39, 0.29) is 11.3 Å². The van der Waals surface area contributed by atoms with Crippen LogP contribution in [0.15, 0.2) is 24.3 Å². The minimum absolute atomic E-state index is 0.0486. The lowest BCUT2D eigenvalue weighted by atomic mass is 9.95. The Kier molecular flexibility index (Phi) is 4.89. The second kappa shape index (κ2) is 6.10. The third-order valence-electron chi connectivity index (χ3n) is 3.75. The van der Waals surface area contributed by atoms with Crippen LogP contribution >= 0.6 is 22.6 Å². The van der Waals surface area contributed by atoms with E-state index in [0.29, 0.717) is 5.92 Å². The third-order valence-corrected chi connectivity index (χ3v) is 6.34. The Bertz CT molecular complexity index is 525. The van der Waals surface area contributed by atoms with Crippen molar-refractivity contribution in [3.63, 3.8) is 0 Å². The lowest BCUT2D eigenvalue weighted by Crippen LogP contribution is -2.40. The lowest BCUT2D eigenvalue weighted by molar-refractivity contribution is 0.519. The van der Waals surface area contributed by atoms with Gasteiger partial charge in [0.1, 0.15) is 0 Å². The number of halogens is 1. The van der Waals surface area contributed by atoms with Gasteiger partial charge in [0.05, 0.1) is 5.25 Å². The van der Waals surface area contributed by atoms with Crippen LogP contribution in [0.4, 0.5) is 0 Å². The average Bonchev–Trinajstić information content (AvgIpc) is 2.77. The van der Waals surface area contributed by atoms with E-state index in [4.69, 9.17) is 0 Å². The summed E-state index contributed by atoms with van der Waals surface area (Å²) in [5, 5.41) is -0.370. The van der Waals surface area contributed by atoms with Crippen LogP contribution in [0.5, 0.6) is 0 Å². The van der Waals surface area contributed by atoms with Crippen molar-refractivity contribution in [3.8, 4) is 0 Å². The summed E-state index contributed by atoms with van der Waals surface area (Å²) < 4.78 is 28.1. The van der Waals surface area contributed by atoms with E-state index in [0.717, 1.165) is 19.3 Å². The molecule has 0 saturated heterocycles. The second-order valence-electron chi connectivity index (χ2n) is 5.41. The van der Waals surface area contributed by atoms with E-state index in [1.165, 1.54) is 9.13 Å². The Hall–Kier alpha value is -0.140. The fourth-order valence-corrected chi connectivity index (χ4v) is 3.89. The lowest BCUT2D eigenvalue weighted by Gasteiger charge is -2.22. The molecule has 1 fully saturated rings. The maximum atomic E-state index is 12.0. The Morgan fingerprint density at radius 3 is 2.42 bits per heavy atom. The van der Waals surface area contributed by atoms with Crippen molar-refractivity contribution in [1.29, 1.82) is 0 Å². The van der Waals surface area contributed by atoms with E-state index in [1.807, 2.05) is 0 Å². The van der Waals surface area contributed by atoms with Gasteiger partial charge in [-0.3, -0.25) is 0 Å². The first-order valence-corrected chi connectivity index (χ1v) is 9.29. The minimum Gasteiger partial charge on any atom is -0.212 e. The average molecular weight is 393 g/mol. The zero-order valence-corrected chi connectivity index (χ0v) is 14.2. The molecule has 1 saturated carbocycles. The number of nitrogens with one attached hydrogen (secondary N) is 1. The van der Waals surface area contributed by atoms with E-state index in [1.54, 1.807) is 13.8 Å². The van der Waals surface area contributed by atoms with Gasteiger partial charge in [-0.15, -0.1) is 0 Å². The molecule has 1 aliphatic rings. The minimum atomic E-state index is -3.18. The van der Waals surface area contributed by atoms with Crippen molar-refractivity contribution in [2.75, 3.05) is 0 Å². The molecule has 2 atom stereocenters. The van der Waals surface area contributed by atoms with Crippen LogP contribution < -0.4 is 4.72 Å². The largest absolute Gasteiger partial charge is 0.214 e. The van der Waals surface area contributed by atoms with Crippen LogP contribution in [0.2, 0.25) is 0 Å². The van der Waals surface area contributed by atoms with E-state index >= 15 is 0 Å². The molecule has 0 bridgehead atoms. The zero-order chi connectivity index (χ0) is 14.0. The molecule has 1 aromatic rings. The van der Waals surface area contributed by atoms with Crippen molar-refractivity contribution in [2.45, 2.75) is 50.3 Å². The molecule has 0 aliphatic heterocycles. The Morgan fingerprint density at radius 2 is 1.84 bits per heavy atom. The molecule has 0 radical (unpaired) electrons. The number of rotatable bonds is 4. The Labute approximate surface area is 129 Å². The molecule has 1 aromatic carbocycles. The van der Waals surface area contributed by atoms with Crippen LogP contribution in [0.3, 0.4) is 0 Å². The summed E-state index contributed by atoms with van der Waals surface area (Å²) in [6.07, 6.45) is 3.08. The quantitative estimate of drug-likeness (QED) is 0.799. The van der Waals surface area contributed by atoms with Gasteiger partial charge in [0.15, 0.2) is 0 Å². The maximum absolute atomic E-state index is 12.0. The summed E-state index contributed by atoms with van der Waals surface area (Å²) in [5.74, 6) is 0.311. The van der Waals surface area contributed by atoms with Crippen molar-refractivity contribution in [3.05, 3.63) is 33.4 Å². The van der Waals surface area contributed by atoms with Crippen LogP contribution in [0.1, 0.15) is 44.6 Å². The first kappa shape index (κ1) is 15.3. The van der Waals surface area contributed by atoms with Crippen molar-refractivity contribution in [1.82, 2.24) is 4.72 Å². The van der Waals surface area contributed by atoms with Crippen molar-refractivity contribution < 1.29 is 8.42 Å². The summed E-state index contributed by atoms with van der Waals surface area (Å²) in [5.41, 5.74) is 1.24. The molecule has 0 amide bonds. The highest BCUT2D eigenvalue weighted by Gasteiger charge is 2.32. The van der Waals surface area contributed by atoms with Gasteiger partial charge in [-0.05, 0) is 67.0 Å². The maximum Gasteiger partial charge on any atom is 0.214 e. The van der Waals surface area contributed by atoms with Crippen LogP contribution in [0.25, 0.3) is 0 Å². The summed E-state index contributed by atoms with van der Waals surface area (Å²) in [6.45, 7) is 3.44. The number of hydrogen-bond donors (Lipinski definition) is 1. The first-order valence-electron chi connectivity index (χ1n) is 6.67. The molecular weight excluding hydrogens is 373 g/mol. The molecule has 0 spiro atoms. The smallest absolute Gasteiger partial charge is 0.212 e. The number of hydrogen-bond acceptors (Lipinski definition) is 2. The molecule has 2 rings (SSSR count). The normalized spacial score (nSPS) is 24.0. The van der Waals surface area contributed by atoms with Crippen molar-refractivity contribution in [2.24, 2.45) is 0 Å². The molecule has 1 N–H and O–H groups in total. The molecule has 106 valence electrons. The van der Waals surface area contributed by atoms with Crippen LogP contribution in [-0.4, -0.2) is 19.7 Å². The molecule has 1 unspecified atom stereocenters. The van der Waals surface area contributed by atoms with Gasteiger partial charge in [0, 0.05) is 15.5 Å². The highest BCUT2D eigenvalue weighted by atomic mass is 127. The standard InChI is InChI=1S/C14H20INO2S/c1-10(2)19(17,18)16-14-5-3-4-13(14)11-6-8-12(15)9-7-11/h6-10,13-14,16H,3-5H2,1-2H3/t13-,14?/m1/s1. The van der Waals surface area contributed by atoms with Gasteiger partial charge in [0.25, 0.3) is 0 Å². The molecule has 19 heavy (non-hydrogen) atoms. The summed E-state index contributed by atoms with van der Waals surface area (Å²) in [6, 6.07) is 8.46. The molecular formula is C14H20INO2S. The van der Waals surface area contributed by atoms with Crippen LogP contribution in [0, 0.1) is 3.57 Å². The third kappa shape index (κ3) is 3.70. The van der Waals surface area contributed by atoms with E-state index < -0.39 is 10.0 Å². The number of sulfonamides is 1. The van der Waals surface area contributed by atoms with Gasteiger partial charge in [-0.2, -0.15) is 0 Å². The van der Waals surface area contributed by atoms with Gasteiger partial charge in [-0.1, -0.05) is 18.6 Å². The summed E-state index contributed by atoms with van der Waals surface area (Å²) in [4.78, 5) is 0. The Morgan fingerprint density at radius 1 is 1.21 bits per heavy atom. The van der Waals surface area contributed by atoms with Gasteiger partial charge in [-0.25, -0.2) is 13.1 Å². The van der Waals surface area contributed by atoms with E-state index in [9.17, 15) is 8.42 Å². The monoisotopic (exact) mass is 393 g/mol. The van der Waals surface area contributed by atoms with Gasteiger partial charge < -0.3 is 0 Å². The highest BCUT2D eigenvalue weighted by Crippen LogP contribution is 2.35. The highest BCUT2D eigenvalue weighted by molar-refractivity contribution is 14.1. The Balaban J connectivity index is 2.15. The summed E-state index contributed by atoms with van der Waals surface area (Å²) >= 11 is 2.28. The second-order valence-corrected chi connectivity index (χ2v) is 8.92. The fraction of sp³-hybridized carbons (Fsp3) is 0.571. The predicted octanol–water partition coefficient (Wildman–Crippen LogP) is 3.26. The molecule has 1 aliphatic carbocycles. The summed E-state index contributed by atoms with van der Waals surface area (Å²) in [7, 11) is -3.18. The predicted molar refractivity (Wildman–Crippen MR) is 86.7 cm³/mol. The van der Waals surface area contributed by atoms with Gasteiger partial charge in [0.2, 0.25) is 10.0 Å². The first-order chi connectivity index (χ1) is 8.90. The molecule has 0 aromatic heterocycles. The SMILES string of the molecule is CC(C)S(=O)(=O)NC1CCC[C@@H]1c1ccc(I)cc1. The fourth-order valence-electron chi connectivity index (χ4n) is 2.56. The zero-order valence-electron chi connectivity index (χ0n) is 11.3. The number of benzene rings is 1. The topological polar surface area (TPSA) is 46.2 Å². The van der Waals surface area contributed by atoms with Gasteiger partial charge >= 0.3 is 0 Å². The van der Waals surface area contributed by atoms with E-state index in [2.05, 4.69) is 51.6 Å². The molecule has 3 nitrogen and oxygen atoms in total.